The summed E-state index contributed by atoms with van der Waals surface area (Å²) >= 11 is 0. The van der Waals surface area contributed by atoms with Gasteiger partial charge in [-0.15, -0.1) is 0 Å². The first-order valence-corrected chi connectivity index (χ1v) is 5.06. The highest BCUT2D eigenvalue weighted by Crippen LogP contribution is 2.22. The number of aromatic nitrogens is 2. The zero-order valence-corrected chi connectivity index (χ0v) is 9.24. The molecule has 0 aliphatic carbocycles. The van der Waals surface area contributed by atoms with Crippen molar-refractivity contribution >= 4 is 5.78 Å². The molecule has 2 rings (SSSR count). The zero-order chi connectivity index (χ0) is 12.3. The first-order valence-electron chi connectivity index (χ1n) is 5.06. The molecule has 1 aromatic heterocycles. The Balaban J connectivity index is 2.30. The zero-order valence-electron chi connectivity index (χ0n) is 9.24. The van der Waals surface area contributed by atoms with Gasteiger partial charge in [0.25, 0.3) is 0 Å². The summed E-state index contributed by atoms with van der Waals surface area (Å²) in [6.45, 7) is 0. The summed E-state index contributed by atoms with van der Waals surface area (Å²) in [5.74, 6) is -0.210. The minimum absolute atomic E-state index is 0.0181. The van der Waals surface area contributed by atoms with E-state index in [2.05, 4.69) is 9.97 Å². The molecular weight excluding hydrogens is 223 g/mol. The first kappa shape index (κ1) is 11.3. The number of methoxy groups -OCH3 is 1. The van der Waals surface area contributed by atoms with Gasteiger partial charge in [0.1, 0.15) is 17.4 Å². The van der Waals surface area contributed by atoms with Crippen LogP contribution in [0.1, 0.15) is 16.2 Å². The highest BCUT2D eigenvalue weighted by molar-refractivity contribution is 5.99. The number of imidazole rings is 1. The van der Waals surface area contributed by atoms with Crippen molar-refractivity contribution in [1.82, 2.24) is 9.97 Å². The van der Waals surface area contributed by atoms with Crippen LogP contribution in [0.3, 0.4) is 0 Å². The molecular formula is C12H11FN2O2. The van der Waals surface area contributed by atoms with E-state index in [0.717, 1.165) is 0 Å². The van der Waals surface area contributed by atoms with E-state index in [1.54, 1.807) is 18.5 Å². The summed E-state index contributed by atoms with van der Waals surface area (Å²) in [7, 11) is 1.40. The number of halogens is 1. The van der Waals surface area contributed by atoms with E-state index in [0.29, 0.717) is 5.82 Å². The molecule has 0 amide bonds. The summed E-state index contributed by atoms with van der Waals surface area (Å²) in [5.41, 5.74) is -0.0357. The average Bonchev–Trinajstić information content (AvgIpc) is 2.81. The fourth-order valence-electron chi connectivity index (χ4n) is 1.58. The van der Waals surface area contributed by atoms with Crippen LogP contribution >= 0.6 is 0 Å². The Morgan fingerprint density at radius 3 is 3.00 bits per heavy atom. The second-order valence-electron chi connectivity index (χ2n) is 3.45. The van der Waals surface area contributed by atoms with Gasteiger partial charge in [-0.2, -0.15) is 0 Å². The number of H-pyrrole nitrogens is 1. The number of nitrogens with zero attached hydrogens (tertiary/aromatic N) is 1. The summed E-state index contributed by atoms with van der Waals surface area (Å²) in [4.78, 5) is 18.7. The average molecular weight is 234 g/mol. The summed E-state index contributed by atoms with van der Waals surface area (Å²) in [6.07, 6.45) is 3.17. The molecule has 5 heteroatoms. The Bertz CT molecular complexity index is 523. The van der Waals surface area contributed by atoms with Gasteiger partial charge in [0.05, 0.1) is 19.1 Å². The molecule has 1 N–H and O–H groups in total. The van der Waals surface area contributed by atoms with Gasteiger partial charge in [-0.25, -0.2) is 9.37 Å². The van der Waals surface area contributed by atoms with Gasteiger partial charge < -0.3 is 9.72 Å². The van der Waals surface area contributed by atoms with Crippen LogP contribution in [-0.2, 0) is 6.42 Å². The minimum Gasteiger partial charge on any atom is -0.496 e. The van der Waals surface area contributed by atoms with Gasteiger partial charge in [-0.05, 0) is 12.1 Å². The molecule has 0 saturated carbocycles. The number of carbonyl (C=O) groups is 1. The van der Waals surface area contributed by atoms with Crippen LogP contribution in [0.4, 0.5) is 4.39 Å². The molecule has 17 heavy (non-hydrogen) atoms. The van der Waals surface area contributed by atoms with Crippen molar-refractivity contribution < 1.29 is 13.9 Å². The van der Waals surface area contributed by atoms with Gasteiger partial charge in [-0.1, -0.05) is 6.07 Å². The van der Waals surface area contributed by atoms with Crippen LogP contribution in [0, 0.1) is 5.82 Å². The van der Waals surface area contributed by atoms with E-state index in [-0.39, 0.29) is 23.5 Å². The van der Waals surface area contributed by atoms with Crippen molar-refractivity contribution in [2.75, 3.05) is 7.11 Å². The van der Waals surface area contributed by atoms with Crippen molar-refractivity contribution in [3.05, 3.63) is 47.8 Å². The third-order valence-electron chi connectivity index (χ3n) is 2.36. The Hall–Kier alpha value is -2.17. The number of benzene rings is 1. The van der Waals surface area contributed by atoms with E-state index in [1.165, 1.54) is 19.2 Å². The van der Waals surface area contributed by atoms with Crippen molar-refractivity contribution in [2.45, 2.75) is 6.42 Å². The molecule has 88 valence electrons. The van der Waals surface area contributed by atoms with Crippen molar-refractivity contribution in [1.29, 1.82) is 0 Å². The third kappa shape index (κ3) is 2.33. The maximum absolute atomic E-state index is 13.6. The minimum atomic E-state index is -0.582. The van der Waals surface area contributed by atoms with Crippen LogP contribution in [0.5, 0.6) is 5.75 Å². The molecule has 0 saturated heterocycles. The molecule has 0 bridgehead atoms. The van der Waals surface area contributed by atoms with E-state index in [4.69, 9.17) is 4.74 Å². The van der Waals surface area contributed by atoms with Gasteiger partial charge >= 0.3 is 0 Å². The van der Waals surface area contributed by atoms with Gasteiger partial charge in [0.15, 0.2) is 5.78 Å². The van der Waals surface area contributed by atoms with Crippen LogP contribution in [0.15, 0.2) is 30.6 Å². The Labute approximate surface area is 97.5 Å². The molecule has 0 radical (unpaired) electrons. The third-order valence-corrected chi connectivity index (χ3v) is 2.36. The maximum Gasteiger partial charge on any atom is 0.177 e. The number of rotatable bonds is 4. The number of ether oxygens (including phenoxy) is 1. The van der Waals surface area contributed by atoms with Crippen molar-refractivity contribution in [3.63, 3.8) is 0 Å². The second-order valence-corrected chi connectivity index (χ2v) is 3.45. The number of hydrogen-bond acceptors (Lipinski definition) is 3. The van der Waals surface area contributed by atoms with Gasteiger partial charge in [0.2, 0.25) is 0 Å². The molecule has 0 atom stereocenters. The summed E-state index contributed by atoms with van der Waals surface area (Å²) < 4.78 is 18.6. The summed E-state index contributed by atoms with van der Waals surface area (Å²) in [6, 6.07) is 4.29. The van der Waals surface area contributed by atoms with Crippen molar-refractivity contribution in [2.24, 2.45) is 0 Å². The largest absolute Gasteiger partial charge is 0.496 e. The lowest BCUT2D eigenvalue weighted by Gasteiger charge is -2.07. The van der Waals surface area contributed by atoms with Gasteiger partial charge in [0, 0.05) is 12.4 Å². The summed E-state index contributed by atoms with van der Waals surface area (Å²) in [5, 5.41) is 0. The molecule has 2 aromatic rings. The Morgan fingerprint density at radius 2 is 2.35 bits per heavy atom. The first-order chi connectivity index (χ1) is 8.22. The lowest BCUT2D eigenvalue weighted by atomic mass is 10.1. The van der Waals surface area contributed by atoms with E-state index < -0.39 is 5.82 Å². The Kier molecular flexibility index (Phi) is 3.18. The second kappa shape index (κ2) is 4.78. The number of hydrogen-bond donors (Lipinski definition) is 1. The predicted molar refractivity (Wildman–Crippen MR) is 59.6 cm³/mol. The SMILES string of the molecule is COc1cccc(F)c1C(=O)Cc1ncc[nH]1. The highest BCUT2D eigenvalue weighted by Gasteiger charge is 2.18. The number of ketones is 1. The topological polar surface area (TPSA) is 55.0 Å². The number of Topliss-reactive ketones (excluding diaryl/α,β-unsaturated/α-hetero) is 1. The molecule has 4 nitrogen and oxygen atoms in total. The number of carbonyl (C=O) groups excluding carboxylic acids is 1. The molecule has 1 heterocycles. The molecule has 0 fully saturated rings. The lowest BCUT2D eigenvalue weighted by molar-refractivity contribution is 0.0984. The maximum atomic E-state index is 13.6. The van der Waals surface area contributed by atoms with E-state index in [9.17, 15) is 9.18 Å². The fraction of sp³-hybridized carbons (Fsp3) is 0.167. The van der Waals surface area contributed by atoms with E-state index in [1.807, 2.05) is 0 Å². The monoisotopic (exact) mass is 234 g/mol. The van der Waals surface area contributed by atoms with E-state index >= 15 is 0 Å². The smallest absolute Gasteiger partial charge is 0.177 e. The van der Waals surface area contributed by atoms with Crippen molar-refractivity contribution in [3.8, 4) is 5.75 Å². The molecule has 1 aromatic carbocycles. The Morgan fingerprint density at radius 1 is 1.53 bits per heavy atom. The fourth-order valence-corrected chi connectivity index (χ4v) is 1.58. The van der Waals surface area contributed by atoms with Crippen LogP contribution in [-0.4, -0.2) is 22.9 Å². The molecule has 0 aliphatic rings. The molecule has 0 unspecified atom stereocenters. The van der Waals surface area contributed by atoms with Gasteiger partial charge in [-0.3, -0.25) is 4.79 Å². The standard InChI is InChI=1S/C12H11FN2O2/c1-17-10-4-2-3-8(13)12(10)9(16)7-11-14-5-6-15-11/h2-6H,7H2,1H3,(H,14,15). The highest BCUT2D eigenvalue weighted by atomic mass is 19.1. The lowest BCUT2D eigenvalue weighted by Crippen LogP contribution is -2.09. The predicted octanol–water partition coefficient (Wildman–Crippen LogP) is 1.98. The number of aromatic amines is 1. The van der Waals surface area contributed by atoms with Crippen LogP contribution in [0.25, 0.3) is 0 Å². The molecule has 0 aliphatic heterocycles. The van der Waals surface area contributed by atoms with Crippen LogP contribution in [0.2, 0.25) is 0 Å². The normalized spacial score (nSPS) is 10.2. The quantitative estimate of drug-likeness (QED) is 0.823. The van der Waals surface area contributed by atoms with Crippen LogP contribution < -0.4 is 4.74 Å². The number of nitrogens with one attached hydrogen (secondary N) is 1. The molecule has 0 spiro atoms.